The van der Waals surface area contributed by atoms with Crippen molar-refractivity contribution in [3.05, 3.63) is 110 Å². The fourth-order valence-corrected chi connectivity index (χ4v) is 9.83. The third kappa shape index (κ3) is 6.93. The van der Waals surface area contributed by atoms with Gasteiger partial charge in [-0.05, 0) is 62.8 Å². The van der Waals surface area contributed by atoms with Crippen LogP contribution < -0.4 is 58.8 Å². The van der Waals surface area contributed by atoms with E-state index >= 15 is 8.78 Å². The van der Waals surface area contributed by atoms with Gasteiger partial charge in [-0.1, -0.05) is 12.1 Å². The van der Waals surface area contributed by atoms with Crippen molar-refractivity contribution < 1.29 is 32.6 Å². The number of nitrogens with two attached hydrogens (primary N) is 3. The predicted octanol–water partition coefficient (Wildman–Crippen LogP) is 4.34. The van der Waals surface area contributed by atoms with Crippen molar-refractivity contribution >= 4 is 62.2 Å². The molecule has 1 saturated carbocycles. The Balaban J connectivity index is 1.13. The number of aryl methyl sites for hydroxylation is 1. The number of hydrogen-bond donors (Lipinski definition) is 7. The van der Waals surface area contributed by atoms with E-state index in [1.54, 1.807) is 33.7 Å². The number of amides is 2. The van der Waals surface area contributed by atoms with Gasteiger partial charge in [-0.25, -0.2) is 13.8 Å². The predicted molar refractivity (Wildman–Crippen MR) is 243 cm³/mol. The van der Waals surface area contributed by atoms with Crippen LogP contribution >= 0.6 is 0 Å². The molecule has 2 atom stereocenters. The number of anilines is 5. The van der Waals surface area contributed by atoms with E-state index in [0.717, 1.165) is 12.1 Å². The number of nitrogens with one attached hydrogen (secondary N) is 4. The van der Waals surface area contributed by atoms with Crippen LogP contribution in [0.2, 0.25) is 0 Å². The molecule has 3 aliphatic heterocycles. The molecular weight excluding hydrogens is 857 g/mol. The highest BCUT2D eigenvalue weighted by molar-refractivity contribution is 6.06. The topological polar surface area (TPSA) is 258 Å². The van der Waals surface area contributed by atoms with Crippen LogP contribution in [0, 0.1) is 11.6 Å². The van der Waals surface area contributed by atoms with Gasteiger partial charge in [-0.15, -0.1) is 0 Å². The second-order valence-electron chi connectivity index (χ2n) is 17.3. The van der Waals surface area contributed by atoms with E-state index < -0.39 is 62.9 Å². The number of aromatic nitrogens is 4. The van der Waals surface area contributed by atoms with Crippen LogP contribution in [0.4, 0.5) is 37.3 Å². The Morgan fingerprint density at radius 3 is 2.09 bits per heavy atom. The molecule has 1 saturated heterocycles. The Morgan fingerprint density at radius 2 is 1.44 bits per heavy atom. The Bertz CT molecular complexity index is 3070. The first-order valence-corrected chi connectivity index (χ1v) is 21.8. The van der Waals surface area contributed by atoms with Gasteiger partial charge in [0, 0.05) is 63.1 Å². The molecule has 2 spiro atoms. The first kappa shape index (κ1) is 42.5. The van der Waals surface area contributed by atoms with Crippen molar-refractivity contribution in [2.24, 2.45) is 11.5 Å². The smallest absolute Gasteiger partial charge is 0.254 e. The second-order valence-corrected chi connectivity index (χ2v) is 17.3. The zero-order valence-corrected chi connectivity index (χ0v) is 35.7. The monoisotopic (exact) mass is 903 g/mol. The summed E-state index contributed by atoms with van der Waals surface area (Å²) in [5.74, 6) is -3.51. The van der Waals surface area contributed by atoms with Gasteiger partial charge in [0.15, 0.2) is 29.4 Å². The number of nitrogens with zero attached hydrogens (tertiary/aromatic N) is 4. The number of halogens is 2. The van der Waals surface area contributed by atoms with Crippen molar-refractivity contribution in [2.75, 3.05) is 66.5 Å². The highest BCUT2D eigenvalue weighted by atomic mass is 19.1. The fourth-order valence-electron chi connectivity index (χ4n) is 9.83. The van der Waals surface area contributed by atoms with Crippen LogP contribution in [0.5, 0.6) is 11.5 Å². The largest absolute Gasteiger partial charge is 0.487 e. The fraction of sp³-hybridized carbons (Fsp3) is 0.348. The van der Waals surface area contributed by atoms with E-state index in [2.05, 4.69) is 31.2 Å². The Kier molecular flexibility index (Phi) is 10.6. The molecular formula is C46H47F2N11O7. The number of fused-ring (bicyclic) bond motifs is 2. The van der Waals surface area contributed by atoms with Gasteiger partial charge in [0.25, 0.3) is 11.8 Å². The summed E-state index contributed by atoms with van der Waals surface area (Å²) in [5.41, 5.74) is 13.8. The summed E-state index contributed by atoms with van der Waals surface area (Å²) < 4.78 is 57.2. The molecule has 6 aromatic rings. The minimum atomic E-state index is -1.26. The molecule has 10 N–H and O–H groups in total. The van der Waals surface area contributed by atoms with Crippen molar-refractivity contribution in [3.8, 4) is 11.5 Å². The molecule has 2 amide bonds. The van der Waals surface area contributed by atoms with Crippen LogP contribution in [-0.2, 0) is 22.2 Å². The summed E-state index contributed by atoms with van der Waals surface area (Å²) in [7, 11) is 0. The lowest BCUT2D eigenvalue weighted by Crippen LogP contribution is -2.46. The van der Waals surface area contributed by atoms with Gasteiger partial charge >= 0.3 is 0 Å². The molecule has 1 aliphatic carbocycles. The Hall–Kier alpha value is -7.48. The van der Waals surface area contributed by atoms with Crippen LogP contribution in [0.1, 0.15) is 64.9 Å². The summed E-state index contributed by atoms with van der Waals surface area (Å²) >= 11 is 0. The zero-order valence-electron chi connectivity index (χ0n) is 35.7. The maximum Gasteiger partial charge on any atom is 0.254 e. The van der Waals surface area contributed by atoms with Gasteiger partial charge in [0.05, 0.1) is 45.3 Å². The maximum absolute atomic E-state index is 17.8. The zero-order chi connectivity index (χ0) is 45.9. The molecule has 0 radical (unpaired) electrons. The van der Waals surface area contributed by atoms with Gasteiger partial charge in [0.1, 0.15) is 40.5 Å². The van der Waals surface area contributed by atoms with Gasteiger partial charge in [0.2, 0.25) is 10.9 Å². The molecule has 7 heterocycles. The lowest BCUT2D eigenvalue weighted by atomic mass is 9.73. The number of pyridine rings is 4. The van der Waals surface area contributed by atoms with Crippen molar-refractivity contribution in [1.29, 1.82) is 0 Å². The number of nitrogen functional groups attached to an aromatic ring is 1. The van der Waals surface area contributed by atoms with E-state index in [4.69, 9.17) is 31.4 Å². The third-order valence-corrected chi connectivity index (χ3v) is 13.3. The number of primary amides is 2. The molecule has 0 bridgehead atoms. The van der Waals surface area contributed by atoms with Crippen LogP contribution in [-0.4, -0.2) is 76.6 Å². The number of carbonyl (C=O) groups excluding carboxylic acids is 2. The SMILES string of the molecule is NC(=O)c1cn2c3c(c(NCCNc4ccccn4)c(F)c(N)c3c1=O)OC(Nc1c(F)c(NCCCc3ccccn3)c3c4c1c(=O)c(C(N)=O)cn4C1(CCOC1)CO3)CC21CCC1. The summed E-state index contributed by atoms with van der Waals surface area (Å²) in [6.07, 6.45) is 8.16. The first-order chi connectivity index (χ1) is 31.9. The van der Waals surface area contributed by atoms with E-state index in [9.17, 15) is 19.2 Å². The second kappa shape index (κ2) is 16.5. The normalized spacial score (nSPS) is 18.9. The number of benzene rings is 2. The average molecular weight is 904 g/mol. The summed E-state index contributed by atoms with van der Waals surface area (Å²) in [5, 5.41) is 12.1. The molecule has 66 heavy (non-hydrogen) atoms. The highest BCUT2D eigenvalue weighted by Gasteiger charge is 2.48. The quantitative estimate of drug-likeness (QED) is 0.0593. The van der Waals surface area contributed by atoms with E-state index in [0.29, 0.717) is 44.5 Å². The minimum absolute atomic E-state index is 0.0461. The molecule has 20 heteroatoms. The van der Waals surface area contributed by atoms with E-state index in [1.807, 2.05) is 24.3 Å². The van der Waals surface area contributed by atoms with Crippen molar-refractivity contribution in [3.63, 3.8) is 0 Å². The number of hydrogen-bond acceptors (Lipinski definition) is 14. The van der Waals surface area contributed by atoms with Gasteiger partial charge < -0.3 is 61.8 Å². The highest BCUT2D eigenvalue weighted by Crippen LogP contribution is 2.53. The van der Waals surface area contributed by atoms with E-state index in [-0.39, 0.29) is 95.2 Å². The minimum Gasteiger partial charge on any atom is -0.487 e. The lowest BCUT2D eigenvalue weighted by Gasteiger charge is -2.45. The van der Waals surface area contributed by atoms with Crippen LogP contribution in [0.25, 0.3) is 21.8 Å². The molecule has 18 nitrogen and oxygen atoms in total. The van der Waals surface area contributed by atoms with Gasteiger partial charge in [-0.3, -0.25) is 24.2 Å². The Labute approximate surface area is 374 Å². The van der Waals surface area contributed by atoms with Gasteiger partial charge in [-0.2, -0.15) is 0 Å². The third-order valence-electron chi connectivity index (χ3n) is 13.3. The maximum atomic E-state index is 17.8. The summed E-state index contributed by atoms with van der Waals surface area (Å²) in [4.78, 5) is 63.2. The average Bonchev–Trinajstić information content (AvgIpc) is 3.71. The van der Waals surface area contributed by atoms with Crippen LogP contribution in [0.15, 0.2) is 70.8 Å². The molecule has 4 aromatic heterocycles. The molecule has 2 aromatic carbocycles. The summed E-state index contributed by atoms with van der Waals surface area (Å²) in [6.45, 7) is 1.24. The number of rotatable bonds is 14. The van der Waals surface area contributed by atoms with Crippen molar-refractivity contribution in [2.45, 2.75) is 62.3 Å². The molecule has 10 rings (SSSR count). The van der Waals surface area contributed by atoms with Crippen LogP contribution in [0.3, 0.4) is 0 Å². The number of ether oxygens (including phenoxy) is 3. The first-order valence-electron chi connectivity index (χ1n) is 21.8. The molecule has 4 aliphatic rings. The number of carbonyl (C=O) groups is 2. The molecule has 2 unspecified atom stereocenters. The van der Waals surface area contributed by atoms with E-state index in [1.165, 1.54) is 12.4 Å². The lowest BCUT2D eigenvalue weighted by molar-refractivity contribution is 0.0864. The summed E-state index contributed by atoms with van der Waals surface area (Å²) in [6, 6.07) is 11.0. The standard InChI is InChI=1S/C46H47F2N11O7/c47-31-33(49)29-37-42(35(31)56-17-16-54-27-9-2-4-14-53-27)66-28(19-45(10-6-11-45)58(37)20-25(39(29)60)43(50)62)57-34-30-38-41(36(32(34)48)55-15-5-8-24-7-1-3-13-52-24)65-23-46(12-18-64-22-46)59(38)21-26(40(30)61)44(51)63/h1-4,7,9,13-14,20-21,28,55-57H,5-6,8,10-12,15-19,22-23,49H2,(H2,50,62)(H2,51,63)(H,53,54). The Morgan fingerprint density at radius 1 is 0.773 bits per heavy atom. The van der Waals surface area contributed by atoms with Crippen molar-refractivity contribution in [1.82, 2.24) is 19.1 Å². The molecule has 342 valence electrons. The molecule has 2 fully saturated rings.